The summed E-state index contributed by atoms with van der Waals surface area (Å²) < 4.78 is 0. The molecule has 1 saturated heterocycles. The third-order valence-corrected chi connectivity index (χ3v) is 5.20. The predicted molar refractivity (Wildman–Crippen MR) is 104 cm³/mol. The lowest BCUT2D eigenvalue weighted by Crippen LogP contribution is -2.53. The molecule has 132 valence electrons. The van der Waals surface area contributed by atoms with Gasteiger partial charge in [0.15, 0.2) is 0 Å². The fourth-order valence-corrected chi connectivity index (χ4v) is 3.36. The summed E-state index contributed by atoms with van der Waals surface area (Å²) in [6.45, 7) is 10.0. The average molecular weight is 337 g/mol. The highest BCUT2D eigenvalue weighted by atomic mass is 16.2. The van der Waals surface area contributed by atoms with Gasteiger partial charge >= 0.3 is 0 Å². The van der Waals surface area contributed by atoms with Gasteiger partial charge in [0.1, 0.15) is 0 Å². The van der Waals surface area contributed by atoms with Crippen LogP contribution in [0.1, 0.15) is 18.1 Å². The first kappa shape index (κ1) is 17.5. The number of hydrogen-bond acceptors (Lipinski definition) is 3. The Labute approximate surface area is 150 Å². The lowest BCUT2D eigenvalue weighted by atomic mass is 10.1. The van der Waals surface area contributed by atoms with Crippen LogP contribution >= 0.6 is 0 Å². The van der Waals surface area contributed by atoms with Crippen LogP contribution in [0.5, 0.6) is 0 Å². The molecule has 0 spiro atoms. The van der Waals surface area contributed by atoms with Crippen molar-refractivity contribution >= 4 is 17.3 Å². The van der Waals surface area contributed by atoms with Crippen LogP contribution in [0.15, 0.2) is 48.5 Å². The minimum absolute atomic E-state index is 0.0615. The molecule has 1 amide bonds. The van der Waals surface area contributed by atoms with Crippen LogP contribution in [-0.2, 0) is 4.79 Å². The minimum atomic E-state index is -0.124. The molecule has 25 heavy (non-hydrogen) atoms. The Kier molecular flexibility index (Phi) is 5.39. The molecule has 0 unspecified atom stereocenters. The Bertz CT molecular complexity index is 721. The van der Waals surface area contributed by atoms with Crippen molar-refractivity contribution in [3.05, 3.63) is 59.7 Å². The highest BCUT2D eigenvalue weighted by Crippen LogP contribution is 2.24. The molecule has 0 bridgehead atoms. The number of piperazine rings is 1. The van der Waals surface area contributed by atoms with Crippen molar-refractivity contribution < 1.29 is 4.79 Å². The van der Waals surface area contributed by atoms with Gasteiger partial charge in [-0.2, -0.15) is 0 Å². The maximum absolute atomic E-state index is 12.5. The van der Waals surface area contributed by atoms with Crippen molar-refractivity contribution in [1.82, 2.24) is 4.90 Å². The Morgan fingerprint density at radius 1 is 0.960 bits per heavy atom. The molecule has 1 fully saturated rings. The summed E-state index contributed by atoms with van der Waals surface area (Å²) in [6, 6.07) is 16.0. The number of amides is 1. The molecule has 2 aromatic rings. The lowest BCUT2D eigenvalue weighted by Gasteiger charge is -2.39. The van der Waals surface area contributed by atoms with Crippen molar-refractivity contribution in [2.45, 2.75) is 26.8 Å². The standard InChI is InChI=1S/C21H27N3O/c1-16-8-7-11-20(17(16)2)24-14-12-23(13-15-24)18(3)21(25)22-19-9-5-4-6-10-19/h4-11,18H,12-15H2,1-3H3,(H,22,25)/t18-/m1/s1. The normalized spacial score (nSPS) is 16.5. The summed E-state index contributed by atoms with van der Waals surface area (Å²) in [6.07, 6.45) is 0. The zero-order valence-electron chi connectivity index (χ0n) is 15.3. The minimum Gasteiger partial charge on any atom is -0.369 e. The second-order valence-corrected chi connectivity index (χ2v) is 6.77. The van der Waals surface area contributed by atoms with Gasteiger partial charge in [0.05, 0.1) is 6.04 Å². The smallest absolute Gasteiger partial charge is 0.241 e. The molecular weight excluding hydrogens is 310 g/mol. The number of carbonyl (C=O) groups excluding carboxylic acids is 1. The van der Waals surface area contributed by atoms with Gasteiger partial charge in [-0.05, 0) is 50.1 Å². The summed E-state index contributed by atoms with van der Waals surface area (Å²) in [4.78, 5) is 17.2. The summed E-state index contributed by atoms with van der Waals surface area (Å²) >= 11 is 0. The monoisotopic (exact) mass is 337 g/mol. The van der Waals surface area contributed by atoms with E-state index in [-0.39, 0.29) is 11.9 Å². The van der Waals surface area contributed by atoms with Crippen LogP contribution in [-0.4, -0.2) is 43.0 Å². The first-order valence-corrected chi connectivity index (χ1v) is 8.97. The highest BCUT2D eigenvalue weighted by molar-refractivity contribution is 5.94. The Morgan fingerprint density at radius 2 is 1.64 bits per heavy atom. The quantitative estimate of drug-likeness (QED) is 0.928. The van der Waals surface area contributed by atoms with Crippen molar-refractivity contribution in [2.24, 2.45) is 0 Å². The largest absolute Gasteiger partial charge is 0.369 e. The molecule has 2 aromatic carbocycles. The van der Waals surface area contributed by atoms with Crippen LogP contribution in [0, 0.1) is 13.8 Å². The van der Waals surface area contributed by atoms with E-state index >= 15 is 0 Å². The Hall–Kier alpha value is -2.33. The zero-order chi connectivity index (χ0) is 17.8. The fraction of sp³-hybridized carbons (Fsp3) is 0.381. The molecule has 3 rings (SSSR count). The van der Waals surface area contributed by atoms with E-state index in [4.69, 9.17) is 0 Å². The number of anilines is 2. The molecule has 1 atom stereocenters. The predicted octanol–water partition coefficient (Wildman–Crippen LogP) is 3.45. The molecule has 4 heteroatoms. The van der Waals surface area contributed by atoms with Gasteiger partial charge in [-0.1, -0.05) is 30.3 Å². The second kappa shape index (κ2) is 7.70. The molecule has 1 aliphatic rings. The van der Waals surface area contributed by atoms with Crippen LogP contribution < -0.4 is 10.2 Å². The SMILES string of the molecule is Cc1cccc(N2CCN([C@H](C)C(=O)Nc3ccccc3)CC2)c1C. The number of para-hydroxylation sites is 1. The highest BCUT2D eigenvalue weighted by Gasteiger charge is 2.26. The van der Waals surface area contributed by atoms with Gasteiger partial charge < -0.3 is 10.2 Å². The summed E-state index contributed by atoms with van der Waals surface area (Å²) in [5.74, 6) is 0.0615. The molecule has 1 aliphatic heterocycles. The number of hydrogen-bond donors (Lipinski definition) is 1. The van der Waals surface area contributed by atoms with Crippen molar-refractivity contribution in [3.63, 3.8) is 0 Å². The molecule has 0 aromatic heterocycles. The first-order chi connectivity index (χ1) is 12.1. The second-order valence-electron chi connectivity index (χ2n) is 6.77. The van der Waals surface area contributed by atoms with Gasteiger partial charge in [0.2, 0.25) is 5.91 Å². The van der Waals surface area contributed by atoms with E-state index in [0.29, 0.717) is 0 Å². The molecule has 4 nitrogen and oxygen atoms in total. The molecule has 0 saturated carbocycles. The van der Waals surface area contributed by atoms with Crippen molar-refractivity contribution in [3.8, 4) is 0 Å². The Balaban J connectivity index is 1.58. The average Bonchev–Trinajstić information content (AvgIpc) is 2.64. The van der Waals surface area contributed by atoms with E-state index in [1.807, 2.05) is 37.3 Å². The lowest BCUT2D eigenvalue weighted by molar-refractivity contribution is -0.120. The van der Waals surface area contributed by atoms with Gasteiger partial charge in [0, 0.05) is 37.6 Å². The van der Waals surface area contributed by atoms with E-state index in [9.17, 15) is 4.79 Å². The fourth-order valence-electron chi connectivity index (χ4n) is 3.36. The van der Waals surface area contributed by atoms with Gasteiger partial charge in [0.25, 0.3) is 0 Å². The van der Waals surface area contributed by atoms with Crippen LogP contribution in [0.25, 0.3) is 0 Å². The maximum Gasteiger partial charge on any atom is 0.241 e. The van der Waals surface area contributed by atoms with E-state index < -0.39 is 0 Å². The molecule has 1 N–H and O–H groups in total. The molecule has 1 heterocycles. The maximum atomic E-state index is 12.5. The van der Waals surface area contributed by atoms with Crippen LogP contribution in [0.3, 0.4) is 0 Å². The summed E-state index contributed by atoms with van der Waals surface area (Å²) in [5.41, 5.74) is 4.86. The summed E-state index contributed by atoms with van der Waals surface area (Å²) in [7, 11) is 0. The van der Waals surface area contributed by atoms with E-state index in [0.717, 1.165) is 31.9 Å². The van der Waals surface area contributed by atoms with E-state index in [2.05, 4.69) is 47.2 Å². The van der Waals surface area contributed by atoms with Crippen molar-refractivity contribution in [2.75, 3.05) is 36.4 Å². The third-order valence-electron chi connectivity index (χ3n) is 5.20. The first-order valence-electron chi connectivity index (χ1n) is 8.97. The van der Waals surface area contributed by atoms with Gasteiger partial charge in [-0.15, -0.1) is 0 Å². The third kappa shape index (κ3) is 4.02. The van der Waals surface area contributed by atoms with Crippen LogP contribution in [0.4, 0.5) is 11.4 Å². The number of carbonyl (C=O) groups is 1. The number of benzene rings is 2. The van der Waals surface area contributed by atoms with Crippen LogP contribution in [0.2, 0.25) is 0 Å². The zero-order valence-corrected chi connectivity index (χ0v) is 15.3. The number of nitrogens with one attached hydrogen (secondary N) is 1. The van der Waals surface area contributed by atoms with Crippen molar-refractivity contribution in [1.29, 1.82) is 0 Å². The Morgan fingerprint density at radius 3 is 2.32 bits per heavy atom. The van der Waals surface area contributed by atoms with Gasteiger partial charge in [-0.25, -0.2) is 0 Å². The molecule has 0 radical (unpaired) electrons. The van der Waals surface area contributed by atoms with E-state index in [1.165, 1.54) is 16.8 Å². The number of aryl methyl sites for hydroxylation is 1. The molecule has 0 aliphatic carbocycles. The topological polar surface area (TPSA) is 35.6 Å². The van der Waals surface area contributed by atoms with E-state index in [1.54, 1.807) is 0 Å². The number of rotatable bonds is 4. The van der Waals surface area contributed by atoms with Gasteiger partial charge in [-0.3, -0.25) is 9.69 Å². The summed E-state index contributed by atoms with van der Waals surface area (Å²) in [5, 5.41) is 3.00. The molecular formula is C21H27N3O. The number of nitrogens with zero attached hydrogens (tertiary/aromatic N) is 2.